The summed E-state index contributed by atoms with van der Waals surface area (Å²) in [6.07, 6.45) is 5.09. The van der Waals surface area contributed by atoms with E-state index in [2.05, 4.69) is 5.92 Å². The van der Waals surface area contributed by atoms with Crippen LogP contribution in [-0.4, -0.2) is 6.61 Å². The zero-order chi connectivity index (χ0) is 14.3. The maximum absolute atomic E-state index is 11.7. The predicted octanol–water partition coefficient (Wildman–Crippen LogP) is 2.29. The minimum atomic E-state index is -0.116. The highest BCUT2D eigenvalue weighted by molar-refractivity contribution is 5.77. The lowest BCUT2D eigenvalue weighted by atomic mass is 10.2. The molecule has 0 aliphatic rings. The first-order valence-corrected chi connectivity index (χ1v) is 6.07. The molecule has 19 heavy (non-hydrogen) atoms. The molecule has 0 aliphatic heterocycles. The van der Waals surface area contributed by atoms with Gasteiger partial charge in [-0.1, -0.05) is 19.8 Å². The lowest BCUT2D eigenvalue weighted by Gasteiger charge is -2.04. The minimum Gasteiger partial charge on any atom is -0.481 e. The number of ether oxygens (including phenoxy) is 1. The molecule has 0 amide bonds. The van der Waals surface area contributed by atoms with E-state index in [1.807, 2.05) is 13.8 Å². The average molecular weight is 259 g/mol. The normalized spacial score (nSPS) is 9.37. The number of benzene rings is 1. The summed E-state index contributed by atoms with van der Waals surface area (Å²) < 4.78 is 10.7. The molecule has 4 heteroatoms. The summed E-state index contributed by atoms with van der Waals surface area (Å²) in [5.74, 6) is 3.37. The van der Waals surface area contributed by atoms with Crippen molar-refractivity contribution in [1.29, 1.82) is 0 Å². The Morgan fingerprint density at radius 1 is 1.37 bits per heavy atom. The first-order chi connectivity index (χ1) is 9.24. The van der Waals surface area contributed by atoms with Gasteiger partial charge in [-0.2, -0.15) is 0 Å². The highest BCUT2D eigenvalue weighted by Crippen LogP contribution is 2.19. The van der Waals surface area contributed by atoms with Gasteiger partial charge in [-0.3, -0.25) is 4.79 Å². The van der Waals surface area contributed by atoms with Gasteiger partial charge in [0.15, 0.2) is 5.43 Å². The van der Waals surface area contributed by atoms with E-state index in [-0.39, 0.29) is 18.6 Å². The van der Waals surface area contributed by atoms with Crippen LogP contribution in [0.3, 0.4) is 0 Å². The largest absolute Gasteiger partial charge is 0.481 e. The smallest absolute Gasteiger partial charge is 0.193 e. The van der Waals surface area contributed by atoms with Gasteiger partial charge in [0.2, 0.25) is 0 Å². The van der Waals surface area contributed by atoms with Crippen LogP contribution in [-0.2, 0) is 6.54 Å². The van der Waals surface area contributed by atoms with Gasteiger partial charge in [-0.25, -0.2) is 0 Å². The van der Waals surface area contributed by atoms with Crippen molar-refractivity contribution in [3.8, 4) is 18.1 Å². The Bertz CT molecular complexity index is 638. The zero-order valence-electron chi connectivity index (χ0n) is 11.1. The lowest BCUT2D eigenvalue weighted by molar-refractivity contribution is 0.370. The molecule has 0 saturated carbocycles. The SMILES string of the molecule is C#CCOc1ccc2c(=O)cc(CN)oc2c1.CC. The van der Waals surface area contributed by atoms with Crippen LogP contribution < -0.4 is 15.9 Å². The molecule has 0 saturated heterocycles. The molecule has 0 unspecified atom stereocenters. The summed E-state index contributed by atoms with van der Waals surface area (Å²) in [7, 11) is 0. The number of rotatable bonds is 3. The van der Waals surface area contributed by atoms with Crippen molar-refractivity contribution in [2.24, 2.45) is 5.73 Å². The molecule has 2 rings (SSSR count). The fourth-order valence-electron chi connectivity index (χ4n) is 1.50. The molecule has 4 nitrogen and oxygen atoms in total. The summed E-state index contributed by atoms with van der Waals surface area (Å²) >= 11 is 0. The average Bonchev–Trinajstić information content (AvgIpc) is 2.46. The lowest BCUT2D eigenvalue weighted by Crippen LogP contribution is -2.05. The maximum Gasteiger partial charge on any atom is 0.193 e. The molecule has 0 fully saturated rings. The van der Waals surface area contributed by atoms with Crippen molar-refractivity contribution in [3.05, 3.63) is 40.2 Å². The third kappa shape index (κ3) is 3.60. The number of terminal acetylenes is 1. The molecule has 0 bridgehead atoms. The Morgan fingerprint density at radius 3 is 2.74 bits per heavy atom. The van der Waals surface area contributed by atoms with Crippen LogP contribution in [0.25, 0.3) is 11.0 Å². The second kappa shape index (κ2) is 7.24. The molecule has 0 radical (unpaired) electrons. The van der Waals surface area contributed by atoms with Crippen LogP contribution in [0, 0.1) is 12.3 Å². The molecule has 0 aliphatic carbocycles. The van der Waals surface area contributed by atoms with Gasteiger partial charge in [0.25, 0.3) is 0 Å². The monoisotopic (exact) mass is 259 g/mol. The van der Waals surface area contributed by atoms with E-state index in [1.165, 1.54) is 6.07 Å². The Balaban J connectivity index is 0.000000861. The van der Waals surface area contributed by atoms with E-state index in [0.717, 1.165) is 0 Å². The Hall–Kier alpha value is -2.25. The van der Waals surface area contributed by atoms with Gasteiger partial charge in [-0.15, -0.1) is 6.42 Å². The summed E-state index contributed by atoms with van der Waals surface area (Å²) in [5.41, 5.74) is 5.77. The van der Waals surface area contributed by atoms with Crippen LogP contribution >= 0.6 is 0 Å². The number of nitrogens with two attached hydrogens (primary N) is 1. The van der Waals surface area contributed by atoms with Gasteiger partial charge in [0, 0.05) is 12.1 Å². The van der Waals surface area contributed by atoms with Gasteiger partial charge in [-0.05, 0) is 12.1 Å². The number of fused-ring (bicyclic) bond motifs is 1. The molecule has 1 aromatic carbocycles. The topological polar surface area (TPSA) is 65.5 Å². The molecular formula is C15H17NO3. The first-order valence-electron chi connectivity index (χ1n) is 6.07. The van der Waals surface area contributed by atoms with Crippen LogP contribution in [0.1, 0.15) is 19.6 Å². The van der Waals surface area contributed by atoms with E-state index < -0.39 is 0 Å². The summed E-state index contributed by atoms with van der Waals surface area (Å²) in [6.45, 7) is 4.35. The van der Waals surface area contributed by atoms with Crippen molar-refractivity contribution >= 4 is 11.0 Å². The van der Waals surface area contributed by atoms with Crippen molar-refractivity contribution < 1.29 is 9.15 Å². The van der Waals surface area contributed by atoms with Crippen LogP contribution in [0.4, 0.5) is 0 Å². The van der Waals surface area contributed by atoms with Crippen molar-refractivity contribution in [2.75, 3.05) is 6.61 Å². The zero-order valence-corrected chi connectivity index (χ0v) is 11.1. The molecule has 100 valence electrons. The Labute approximate surface area is 112 Å². The Kier molecular flexibility index (Phi) is 5.65. The van der Waals surface area contributed by atoms with Gasteiger partial charge >= 0.3 is 0 Å². The van der Waals surface area contributed by atoms with Crippen LogP contribution in [0.15, 0.2) is 33.5 Å². The van der Waals surface area contributed by atoms with Gasteiger partial charge in [0.05, 0.1) is 11.9 Å². The molecule has 1 heterocycles. The fraction of sp³-hybridized carbons (Fsp3) is 0.267. The molecular weight excluding hydrogens is 242 g/mol. The van der Waals surface area contributed by atoms with E-state index in [4.69, 9.17) is 21.3 Å². The van der Waals surface area contributed by atoms with E-state index in [9.17, 15) is 4.79 Å². The van der Waals surface area contributed by atoms with Crippen molar-refractivity contribution in [1.82, 2.24) is 0 Å². The predicted molar refractivity (Wildman–Crippen MR) is 76.1 cm³/mol. The molecule has 0 spiro atoms. The Morgan fingerprint density at radius 2 is 2.11 bits per heavy atom. The molecule has 2 N–H and O–H groups in total. The second-order valence-corrected chi connectivity index (χ2v) is 3.43. The summed E-state index contributed by atoms with van der Waals surface area (Å²) in [4.78, 5) is 11.7. The molecule has 2 aromatic rings. The fourth-order valence-corrected chi connectivity index (χ4v) is 1.50. The first kappa shape index (κ1) is 14.8. The van der Waals surface area contributed by atoms with Crippen LogP contribution in [0.5, 0.6) is 5.75 Å². The maximum atomic E-state index is 11.7. The van der Waals surface area contributed by atoms with Gasteiger partial charge in [0.1, 0.15) is 23.7 Å². The minimum absolute atomic E-state index is 0.116. The number of hydrogen-bond acceptors (Lipinski definition) is 4. The van der Waals surface area contributed by atoms with Crippen molar-refractivity contribution in [3.63, 3.8) is 0 Å². The molecule has 0 atom stereocenters. The quantitative estimate of drug-likeness (QED) is 0.859. The number of hydrogen-bond donors (Lipinski definition) is 1. The van der Waals surface area contributed by atoms with E-state index >= 15 is 0 Å². The van der Waals surface area contributed by atoms with Crippen LogP contribution in [0.2, 0.25) is 0 Å². The van der Waals surface area contributed by atoms with Crippen molar-refractivity contribution in [2.45, 2.75) is 20.4 Å². The highest BCUT2D eigenvalue weighted by Gasteiger charge is 2.05. The third-order valence-corrected chi connectivity index (χ3v) is 2.28. The van der Waals surface area contributed by atoms with E-state index in [0.29, 0.717) is 22.5 Å². The van der Waals surface area contributed by atoms with E-state index in [1.54, 1.807) is 18.2 Å². The highest BCUT2D eigenvalue weighted by atomic mass is 16.5. The molecule has 1 aromatic heterocycles. The third-order valence-electron chi connectivity index (χ3n) is 2.28. The summed E-state index contributed by atoms with van der Waals surface area (Å²) in [6, 6.07) is 6.35. The standard InChI is InChI=1S/C13H11NO3.C2H6/c1-2-5-16-9-3-4-11-12(15)6-10(8-14)17-13(11)7-9;1-2/h1,3-4,6-7H,5,8,14H2;1-2H3. The summed E-state index contributed by atoms with van der Waals surface area (Å²) in [5, 5.41) is 0.496. The van der Waals surface area contributed by atoms with Gasteiger partial charge < -0.3 is 14.9 Å². The second-order valence-electron chi connectivity index (χ2n) is 3.43.